The summed E-state index contributed by atoms with van der Waals surface area (Å²) in [5, 5.41) is 19.4. The summed E-state index contributed by atoms with van der Waals surface area (Å²) in [4.78, 5) is 21.6. The van der Waals surface area contributed by atoms with E-state index in [0.717, 1.165) is 10.8 Å². The van der Waals surface area contributed by atoms with E-state index in [1.165, 1.54) is 0 Å². The molecule has 2 N–H and O–H groups in total. The summed E-state index contributed by atoms with van der Waals surface area (Å²) < 4.78 is 0. The molecule has 0 aliphatic carbocycles. The quantitative estimate of drug-likeness (QED) is 0.863. The van der Waals surface area contributed by atoms with Crippen molar-refractivity contribution in [1.82, 2.24) is 0 Å². The SMILES string of the molecule is O=C(O)Cc1cc(CC(=O)O)c2ccccc2c1. The van der Waals surface area contributed by atoms with E-state index in [2.05, 4.69) is 0 Å². The van der Waals surface area contributed by atoms with Crippen molar-refractivity contribution in [2.24, 2.45) is 0 Å². The van der Waals surface area contributed by atoms with Crippen molar-refractivity contribution in [1.29, 1.82) is 0 Å². The molecular weight excluding hydrogens is 232 g/mol. The Bertz CT molecular complexity index is 616. The smallest absolute Gasteiger partial charge is 0.307 e. The highest BCUT2D eigenvalue weighted by Crippen LogP contribution is 2.22. The second-order valence-electron chi connectivity index (χ2n) is 4.12. The number of hydrogen-bond acceptors (Lipinski definition) is 2. The van der Waals surface area contributed by atoms with E-state index in [1.807, 2.05) is 24.3 Å². The Hall–Kier alpha value is -2.36. The fraction of sp³-hybridized carbons (Fsp3) is 0.143. The number of carboxylic acids is 2. The number of carboxylic acid groups (broad SMARTS) is 2. The Morgan fingerprint density at radius 2 is 1.61 bits per heavy atom. The molecular formula is C14H12O4. The molecule has 2 aromatic rings. The molecule has 0 fully saturated rings. The van der Waals surface area contributed by atoms with Gasteiger partial charge in [-0.1, -0.05) is 36.4 Å². The monoisotopic (exact) mass is 244 g/mol. The molecule has 0 atom stereocenters. The van der Waals surface area contributed by atoms with Gasteiger partial charge in [0.1, 0.15) is 0 Å². The third-order valence-electron chi connectivity index (χ3n) is 2.70. The number of carbonyl (C=O) groups is 2. The van der Waals surface area contributed by atoms with E-state index in [4.69, 9.17) is 10.2 Å². The Morgan fingerprint density at radius 3 is 2.28 bits per heavy atom. The number of benzene rings is 2. The van der Waals surface area contributed by atoms with E-state index in [9.17, 15) is 9.59 Å². The third-order valence-corrected chi connectivity index (χ3v) is 2.70. The molecule has 0 spiro atoms. The van der Waals surface area contributed by atoms with Crippen LogP contribution in [0.5, 0.6) is 0 Å². The van der Waals surface area contributed by atoms with Crippen LogP contribution in [0.25, 0.3) is 10.8 Å². The fourth-order valence-electron chi connectivity index (χ4n) is 2.04. The standard InChI is InChI=1S/C14H12O4/c15-13(16)7-9-5-10-3-1-2-4-12(10)11(6-9)8-14(17)18/h1-6H,7-8H2,(H,15,16)(H,17,18). The minimum absolute atomic E-state index is 0.0997. The van der Waals surface area contributed by atoms with Gasteiger partial charge >= 0.3 is 11.9 Å². The van der Waals surface area contributed by atoms with E-state index in [1.54, 1.807) is 12.1 Å². The van der Waals surface area contributed by atoms with Crippen LogP contribution in [0.15, 0.2) is 36.4 Å². The van der Waals surface area contributed by atoms with Crippen LogP contribution in [-0.2, 0) is 22.4 Å². The predicted molar refractivity (Wildman–Crippen MR) is 66.6 cm³/mol. The van der Waals surface area contributed by atoms with Gasteiger partial charge in [-0.05, 0) is 21.9 Å². The highest BCUT2D eigenvalue weighted by Gasteiger charge is 2.09. The van der Waals surface area contributed by atoms with Gasteiger partial charge in [-0.2, -0.15) is 0 Å². The average molecular weight is 244 g/mol. The zero-order valence-corrected chi connectivity index (χ0v) is 9.59. The maximum atomic E-state index is 10.8. The Kier molecular flexibility index (Phi) is 3.28. The minimum atomic E-state index is -0.924. The van der Waals surface area contributed by atoms with Crippen molar-refractivity contribution < 1.29 is 19.8 Å². The maximum Gasteiger partial charge on any atom is 0.307 e. The maximum absolute atomic E-state index is 10.8. The Morgan fingerprint density at radius 1 is 0.944 bits per heavy atom. The van der Waals surface area contributed by atoms with E-state index >= 15 is 0 Å². The first-order valence-electron chi connectivity index (χ1n) is 5.50. The molecule has 2 aromatic carbocycles. The van der Waals surface area contributed by atoms with Crippen LogP contribution in [-0.4, -0.2) is 22.2 Å². The summed E-state index contributed by atoms with van der Waals surface area (Å²) >= 11 is 0. The molecule has 2 rings (SSSR count). The van der Waals surface area contributed by atoms with Crippen LogP contribution < -0.4 is 0 Å². The highest BCUT2D eigenvalue weighted by atomic mass is 16.4. The van der Waals surface area contributed by atoms with Crippen molar-refractivity contribution in [3.63, 3.8) is 0 Å². The molecule has 0 heterocycles. The molecule has 0 bridgehead atoms. The molecule has 18 heavy (non-hydrogen) atoms. The summed E-state index contributed by atoms with van der Waals surface area (Å²) in [6.07, 6.45) is -0.203. The zero-order valence-electron chi connectivity index (χ0n) is 9.59. The summed E-state index contributed by atoms with van der Waals surface area (Å²) in [6.45, 7) is 0. The molecule has 0 amide bonds. The topological polar surface area (TPSA) is 74.6 Å². The minimum Gasteiger partial charge on any atom is -0.481 e. The third kappa shape index (κ3) is 2.66. The van der Waals surface area contributed by atoms with Gasteiger partial charge in [0.15, 0.2) is 0 Å². The zero-order chi connectivity index (χ0) is 13.1. The van der Waals surface area contributed by atoms with Crippen LogP contribution in [0.3, 0.4) is 0 Å². The second kappa shape index (κ2) is 4.87. The summed E-state index contributed by atoms with van der Waals surface area (Å²) in [5.41, 5.74) is 1.27. The van der Waals surface area contributed by atoms with E-state index in [0.29, 0.717) is 11.1 Å². The van der Waals surface area contributed by atoms with Crippen molar-refractivity contribution in [3.8, 4) is 0 Å². The first-order valence-corrected chi connectivity index (χ1v) is 5.50. The van der Waals surface area contributed by atoms with Crippen molar-refractivity contribution in [2.75, 3.05) is 0 Å². The van der Waals surface area contributed by atoms with Gasteiger partial charge in [0.2, 0.25) is 0 Å². The average Bonchev–Trinajstić information content (AvgIpc) is 2.27. The van der Waals surface area contributed by atoms with E-state index in [-0.39, 0.29) is 12.8 Å². The number of aliphatic carboxylic acids is 2. The number of fused-ring (bicyclic) bond motifs is 1. The Labute approximate surface area is 103 Å². The lowest BCUT2D eigenvalue weighted by Crippen LogP contribution is -2.04. The largest absolute Gasteiger partial charge is 0.481 e. The van der Waals surface area contributed by atoms with Crippen molar-refractivity contribution in [3.05, 3.63) is 47.5 Å². The lowest BCUT2D eigenvalue weighted by atomic mass is 9.97. The van der Waals surface area contributed by atoms with Gasteiger partial charge in [-0.3, -0.25) is 9.59 Å². The molecule has 0 radical (unpaired) electrons. The molecule has 0 unspecified atom stereocenters. The molecule has 0 aliphatic heterocycles. The second-order valence-corrected chi connectivity index (χ2v) is 4.12. The van der Waals surface area contributed by atoms with Crippen molar-refractivity contribution >= 4 is 22.7 Å². The van der Waals surface area contributed by atoms with Gasteiger partial charge in [0.05, 0.1) is 12.8 Å². The van der Waals surface area contributed by atoms with Gasteiger partial charge in [0.25, 0.3) is 0 Å². The lowest BCUT2D eigenvalue weighted by molar-refractivity contribution is -0.137. The molecule has 92 valence electrons. The Balaban J connectivity index is 2.56. The fourth-order valence-corrected chi connectivity index (χ4v) is 2.04. The molecule has 0 aliphatic rings. The van der Waals surface area contributed by atoms with Crippen LogP contribution in [0.2, 0.25) is 0 Å². The van der Waals surface area contributed by atoms with Gasteiger partial charge in [-0.25, -0.2) is 0 Å². The normalized spacial score (nSPS) is 10.4. The van der Waals surface area contributed by atoms with E-state index < -0.39 is 11.9 Å². The number of hydrogen-bond donors (Lipinski definition) is 2. The van der Waals surface area contributed by atoms with Gasteiger partial charge in [-0.15, -0.1) is 0 Å². The first-order chi connectivity index (χ1) is 8.56. The van der Waals surface area contributed by atoms with Crippen LogP contribution in [0.4, 0.5) is 0 Å². The molecule has 4 nitrogen and oxygen atoms in total. The summed E-state index contributed by atoms with van der Waals surface area (Å²) in [6, 6.07) is 10.8. The van der Waals surface area contributed by atoms with Crippen molar-refractivity contribution in [2.45, 2.75) is 12.8 Å². The molecule has 4 heteroatoms. The predicted octanol–water partition coefficient (Wildman–Crippen LogP) is 2.09. The molecule has 0 saturated carbocycles. The molecule has 0 saturated heterocycles. The van der Waals surface area contributed by atoms with Crippen LogP contribution in [0, 0.1) is 0 Å². The summed E-state index contributed by atoms with van der Waals surface area (Å²) in [7, 11) is 0. The highest BCUT2D eigenvalue weighted by molar-refractivity contribution is 5.90. The first kappa shape index (κ1) is 12.1. The molecule has 0 aromatic heterocycles. The van der Waals surface area contributed by atoms with Gasteiger partial charge in [0, 0.05) is 0 Å². The van der Waals surface area contributed by atoms with Crippen LogP contribution >= 0.6 is 0 Å². The number of rotatable bonds is 4. The van der Waals surface area contributed by atoms with Gasteiger partial charge < -0.3 is 10.2 Å². The lowest BCUT2D eigenvalue weighted by Gasteiger charge is -2.07. The summed E-state index contributed by atoms with van der Waals surface area (Å²) in [5.74, 6) is -1.85. The van der Waals surface area contributed by atoms with Crippen LogP contribution in [0.1, 0.15) is 11.1 Å².